The first kappa shape index (κ1) is 21.3. The van der Waals surface area contributed by atoms with E-state index in [0.29, 0.717) is 10.0 Å². The van der Waals surface area contributed by atoms with Gasteiger partial charge in [0, 0.05) is 34.7 Å². The molecule has 0 amide bonds. The van der Waals surface area contributed by atoms with E-state index in [9.17, 15) is 0 Å². The third-order valence-corrected chi connectivity index (χ3v) is 7.21. The van der Waals surface area contributed by atoms with Crippen molar-refractivity contribution >= 4 is 34.8 Å². The monoisotopic (exact) mass is 471 g/mol. The second-order valence-electron chi connectivity index (χ2n) is 8.50. The van der Waals surface area contributed by atoms with Crippen LogP contribution in [0.4, 0.5) is 0 Å². The maximum atomic E-state index is 6.82. The van der Waals surface area contributed by atoms with E-state index in [1.165, 1.54) is 16.7 Å². The third-order valence-electron chi connectivity index (χ3n) is 6.53. The van der Waals surface area contributed by atoms with Gasteiger partial charge in [-0.3, -0.25) is 0 Å². The van der Waals surface area contributed by atoms with Crippen LogP contribution in [0.5, 0.6) is 0 Å². The number of benzene rings is 3. The molecule has 0 radical (unpaired) electrons. The van der Waals surface area contributed by atoms with Crippen LogP contribution in [-0.2, 0) is 16.8 Å². The number of rotatable bonds is 4. The molecule has 2 aliphatic heterocycles. The molecule has 0 bridgehead atoms. The van der Waals surface area contributed by atoms with Crippen LogP contribution in [0, 0.1) is 0 Å². The fourth-order valence-electron chi connectivity index (χ4n) is 4.97. The lowest BCUT2D eigenvalue weighted by atomic mass is 9.83. The predicted molar refractivity (Wildman–Crippen MR) is 128 cm³/mol. The second kappa shape index (κ2) is 8.77. The largest absolute Gasteiger partial charge is 0.358 e. The van der Waals surface area contributed by atoms with Crippen LogP contribution in [0.3, 0.4) is 0 Å². The van der Waals surface area contributed by atoms with Gasteiger partial charge < -0.3 is 9.64 Å². The quantitative estimate of drug-likeness (QED) is 0.395. The summed E-state index contributed by atoms with van der Waals surface area (Å²) in [7, 11) is 0. The van der Waals surface area contributed by atoms with Crippen molar-refractivity contribution in [2.24, 2.45) is 0 Å². The Bertz CT molecular complexity index is 1070. The Morgan fingerprint density at radius 2 is 1.58 bits per heavy atom. The van der Waals surface area contributed by atoms with E-state index in [4.69, 9.17) is 39.5 Å². The zero-order chi connectivity index (χ0) is 21.4. The van der Waals surface area contributed by atoms with Crippen LogP contribution in [0.1, 0.15) is 41.2 Å². The fraction of sp³-hybridized carbons (Fsp3) is 0.308. The van der Waals surface area contributed by atoms with Crippen molar-refractivity contribution in [1.82, 2.24) is 4.90 Å². The summed E-state index contributed by atoms with van der Waals surface area (Å²) in [6, 6.07) is 22.5. The summed E-state index contributed by atoms with van der Waals surface area (Å²) in [5, 5.41) is 2.08. The van der Waals surface area contributed by atoms with Crippen molar-refractivity contribution in [3.05, 3.63) is 104 Å². The molecule has 0 aromatic heterocycles. The Balaban J connectivity index is 1.32. The van der Waals surface area contributed by atoms with Gasteiger partial charge >= 0.3 is 0 Å². The van der Waals surface area contributed by atoms with Crippen molar-refractivity contribution in [3.8, 4) is 0 Å². The Morgan fingerprint density at radius 1 is 0.839 bits per heavy atom. The van der Waals surface area contributed by atoms with E-state index in [-0.39, 0.29) is 11.7 Å². The molecule has 5 rings (SSSR count). The topological polar surface area (TPSA) is 12.5 Å². The van der Waals surface area contributed by atoms with E-state index in [2.05, 4.69) is 41.3 Å². The van der Waals surface area contributed by atoms with E-state index in [0.717, 1.165) is 49.5 Å². The molecule has 31 heavy (non-hydrogen) atoms. The van der Waals surface area contributed by atoms with Gasteiger partial charge in [-0.2, -0.15) is 0 Å². The van der Waals surface area contributed by atoms with E-state index in [1.54, 1.807) is 6.07 Å². The Morgan fingerprint density at radius 3 is 2.32 bits per heavy atom. The Kier molecular flexibility index (Phi) is 6.02. The lowest BCUT2D eigenvalue weighted by Crippen LogP contribution is -2.43. The summed E-state index contributed by atoms with van der Waals surface area (Å²) in [4.78, 5) is 2.53. The van der Waals surface area contributed by atoms with Crippen LogP contribution >= 0.6 is 34.8 Å². The highest BCUT2D eigenvalue weighted by molar-refractivity contribution is 6.34. The number of piperidine rings is 1. The molecule has 0 aliphatic carbocycles. The maximum Gasteiger partial charge on any atom is 0.109 e. The van der Waals surface area contributed by atoms with E-state index < -0.39 is 0 Å². The maximum absolute atomic E-state index is 6.82. The first-order valence-corrected chi connectivity index (χ1v) is 11.9. The summed E-state index contributed by atoms with van der Waals surface area (Å²) in [5.41, 5.74) is 4.60. The van der Waals surface area contributed by atoms with Gasteiger partial charge in [0.2, 0.25) is 0 Å². The minimum Gasteiger partial charge on any atom is -0.358 e. The van der Waals surface area contributed by atoms with Crippen LogP contribution < -0.4 is 0 Å². The molecule has 1 atom stereocenters. The highest BCUT2D eigenvalue weighted by Gasteiger charge is 2.46. The number of fused-ring (bicyclic) bond motifs is 2. The van der Waals surface area contributed by atoms with Crippen LogP contribution in [0.25, 0.3) is 0 Å². The third kappa shape index (κ3) is 4.37. The minimum atomic E-state index is -0.247. The molecule has 0 saturated carbocycles. The number of hydrogen-bond acceptors (Lipinski definition) is 2. The van der Waals surface area contributed by atoms with Crippen molar-refractivity contribution in [2.75, 3.05) is 19.6 Å². The molecule has 2 nitrogen and oxygen atoms in total. The van der Waals surface area contributed by atoms with Crippen molar-refractivity contribution in [1.29, 1.82) is 0 Å². The lowest BCUT2D eigenvalue weighted by molar-refractivity contribution is -0.0966. The molecule has 5 heteroatoms. The molecule has 3 aromatic rings. The van der Waals surface area contributed by atoms with Crippen molar-refractivity contribution in [3.63, 3.8) is 0 Å². The standard InChI is InChI=1S/C26H24Cl3NO/c27-20-5-3-4-18(14-20)8-11-30-12-9-26(10-13-30)24-7-2-1-6-23(24)25(31-26)19-15-21(28)17-22(29)16-19/h1-7,14-17,25H,8-13H2. The van der Waals surface area contributed by atoms with Gasteiger partial charge in [-0.05, 0) is 71.8 Å². The van der Waals surface area contributed by atoms with Gasteiger partial charge in [0.25, 0.3) is 0 Å². The zero-order valence-corrected chi connectivity index (χ0v) is 19.4. The van der Waals surface area contributed by atoms with Gasteiger partial charge in [-0.1, -0.05) is 71.2 Å². The van der Waals surface area contributed by atoms with Crippen LogP contribution in [-0.4, -0.2) is 24.5 Å². The van der Waals surface area contributed by atoms with Gasteiger partial charge in [-0.15, -0.1) is 0 Å². The number of ether oxygens (including phenoxy) is 1. The highest BCUT2D eigenvalue weighted by Crippen LogP contribution is 2.51. The molecular weight excluding hydrogens is 449 g/mol. The first-order valence-electron chi connectivity index (χ1n) is 10.7. The highest BCUT2D eigenvalue weighted by atomic mass is 35.5. The number of halogens is 3. The van der Waals surface area contributed by atoms with Gasteiger partial charge in [-0.25, -0.2) is 0 Å². The molecular formula is C26H24Cl3NO. The summed E-state index contributed by atoms with van der Waals surface area (Å²) in [6.45, 7) is 3.06. The van der Waals surface area contributed by atoms with E-state index in [1.807, 2.05) is 24.3 Å². The molecule has 2 heterocycles. The van der Waals surface area contributed by atoms with E-state index >= 15 is 0 Å². The molecule has 2 aliphatic rings. The summed E-state index contributed by atoms with van der Waals surface area (Å²) >= 11 is 18.7. The Hall–Kier alpha value is -1.55. The average Bonchev–Trinajstić information content (AvgIpc) is 3.07. The fourth-order valence-corrected chi connectivity index (χ4v) is 5.73. The molecule has 1 fully saturated rings. The Labute approximate surface area is 198 Å². The number of hydrogen-bond donors (Lipinski definition) is 0. The molecule has 160 valence electrons. The normalized spacial score (nSPS) is 20.2. The summed E-state index contributed by atoms with van der Waals surface area (Å²) < 4.78 is 6.82. The zero-order valence-electron chi connectivity index (χ0n) is 17.2. The molecule has 3 aromatic carbocycles. The second-order valence-corrected chi connectivity index (χ2v) is 9.81. The summed E-state index contributed by atoms with van der Waals surface area (Å²) in [5.74, 6) is 0. The minimum absolute atomic E-state index is 0.134. The van der Waals surface area contributed by atoms with Gasteiger partial charge in [0.15, 0.2) is 0 Å². The van der Waals surface area contributed by atoms with Crippen LogP contribution in [0.15, 0.2) is 66.7 Å². The lowest BCUT2D eigenvalue weighted by Gasteiger charge is -2.40. The van der Waals surface area contributed by atoms with Crippen molar-refractivity contribution < 1.29 is 4.74 Å². The van der Waals surface area contributed by atoms with Gasteiger partial charge in [0.05, 0.1) is 5.60 Å². The average molecular weight is 473 g/mol. The number of likely N-dealkylation sites (tertiary alicyclic amines) is 1. The number of nitrogens with zero attached hydrogens (tertiary/aromatic N) is 1. The van der Waals surface area contributed by atoms with Crippen LogP contribution in [0.2, 0.25) is 15.1 Å². The predicted octanol–water partition coefficient (Wildman–Crippen LogP) is 7.30. The summed E-state index contributed by atoms with van der Waals surface area (Å²) in [6.07, 6.45) is 2.83. The van der Waals surface area contributed by atoms with Gasteiger partial charge in [0.1, 0.15) is 6.10 Å². The SMILES string of the molecule is Clc1cccc(CCN2CCC3(CC2)OC(c2cc(Cl)cc(Cl)c2)c2ccccc23)c1. The molecule has 1 spiro atoms. The smallest absolute Gasteiger partial charge is 0.109 e. The first-order chi connectivity index (χ1) is 15.0. The molecule has 1 unspecified atom stereocenters. The van der Waals surface area contributed by atoms with Crippen molar-refractivity contribution in [2.45, 2.75) is 31.0 Å². The molecule has 0 N–H and O–H groups in total. The molecule has 1 saturated heterocycles.